The highest BCUT2D eigenvalue weighted by Crippen LogP contribution is 2.47. The Morgan fingerprint density at radius 1 is 1.06 bits per heavy atom. The Balaban J connectivity index is 0.000000258. The van der Waals surface area contributed by atoms with Gasteiger partial charge >= 0.3 is 5.97 Å². The van der Waals surface area contributed by atoms with Gasteiger partial charge in [0.1, 0.15) is 5.69 Å². The Hall–Kier alpha value is -4.53. The van der Waals surface area contributed by atoms with Crippen LogP contribution in [-0.2, 0) is 26.4 Å². The van der Waals surface area contributed by atoms with Crippen LogP contribution in [0.5, 0.6) is 5.75 Å². The molecule has 2 aliphatic carbocycles. The van der Waals surface area contributed by atoms with Crippen LogP contribution in [0.1, 0.15) is 100 Å². The highest BCUT2D eigenvalue weighted by molar-refractivity contribution is 7.98. The lowest BCUT2D eigenvalue weighted by atomic mass is 9.81. The molecule has 4 aliphatic rings. The van der Waals surface area contributed by atoms with E-state index in [4.69, 9.17) is 19.9 Å². The Labute approximate surface area is 322 Å². The molecular formula is C43H53F2N3O5S. The van der Waals surface area contributed by atoms with E-state index in [2.05, 4.69) is 24.4 Å². The number of carbonyl (C=O) groups excluding carboxylic acids is 1. The molecule has 0 radical (unpaired) electrons. The number of H-pyrrole nitrogens is 1. The molecule has 54 heavy (non-hydrogen) atoms. The van der Waals surface area contributed by atoms with E-state index in [1.807, 2.05) is 43.0 Å². The van der Waals surface area contributed by atoms with Gasteiger partial charge in [-0.2, -0.15) is 0 Å². The van der Waals surface area contributed by atoms with Crippen molar-refractivity contribution in [3.63, 3.8) is 0 Å². The molecule has 290 valence electrons. The molecule has 3 N–H and O–H groups in total. The van der Waals surface area contributed by atoms with Gasteiger partial charge in [0.25, 0.3) is 0 Å². The van der Waals surface area contributed by atoms with Gasteiger partial charge in [-0.15, -0.1) is 24.6 Å². The molecule has 11 heteroatoms. The normalized spacial score (nSPS) is 17.6. The number of benzene rings is 2. The fourth-order valence-electron chi connectivity index (χ4n) is 7.15. The quantitative estimate of drug-likeness (QED) is 0.0963. The number of esters is 1. The second-order valence-electron chi connectivity index (χ2n) is 13.4. The molecular weight excluding hydrogens is 709 g/mol. The summed E-state index contributed by atoms with van der Waals surface area (Å²) in [5.41, 5.74) is 10.3. The number of ether oxygens (including phenoxy) is 3. The maximum absolute atomic E-state index is 13.7. The van der Waals surface area contributed by atoms with Gasteiger partial charge in [-0.25, -0.2) is 8.78 Å². The summed E-state index contributed by atoms with van der Waals surface area (Å²) in [7, 11) is 1.67. The third-order valence-corrected chi connectivity index (χ3v) is 11.3. The summed E-state index contributed by atoms with van der Waals surface area (Å²) >= 11 is 1.57. The summed E-state index contributed by atoms with van der Waals surface area (Å²) < 4.78 is 43.8. The summed E-state index contributed by atoms with van der Waals surface area (Å²) in [5, 5.41) is 0. The van der Waals surface area contributed by atoms with Crippen molar-refractivity contribution in [3.05, 3.63) is 111 Å². The third kappa shape index (κ3) is 10.2. The summed E-state index contributed by atoms with van der Waals surface area (Å²) in [4.78, 5) is 31.9. The second-order valence-corrected chi connectivity index (χ2v) is 14.4. The van der Waals surface area contributed by atoms with E-state index in [-0.39, 0.29) is 30.1 Å². The van der Waals surface area contributed by atoms with Crippen LogP contribution in [0.2, 0.25) is 0 Å². The summed E-state index contributed by atoms with van der Waals surface area (Å²) in [6, 6.07) is 12.3. The number of thioether (sulfide) groups is 1. The lowest BCUT2D eigenvalue weighted by Crippen LogP contribution is -2.44. The summed E-state index contributed by atoms with van der Waals surface area (Å²) in [5.74, 6) is -0.229. The standard InChI is InChI=1S/C25H35N3O5.C14H10F2S.C2H6.C2H2/c1-17(28-14-6-3-7-21(28)26)22-23(19(29)10-13-27-22)32-16-33-24(30)25(11-4-5-12-25)15-20(31-2)18-8-9-18;15-12-6-5-9-7-10-3-1-2-4-13(10)17-8-11(9)14(12)16;2*1-2/h10,13,21H,1,3-9,11-12,14-16,26H2,2H3,(H,27,29);1-6H,7-8H2;1-2H3;1-2H. The van der Waals surface area contributed by atoms with Crippen LogP contribution in [0.15, 0.2) is 76.3 Å². The number of methoxy groups -OCH3 is 1. The number of pyridine rings is 1. The number of nitrogens with two attached hydrogens (primary N) is 1. The average molecular weight is 762 g/mol. The van der Waals surface area contributed by atoms with Gasteiger partial charge in [-0.3, -0.25) is 9.59 Å². The topological polar surface area (TPSA) is 107 Å². The number of hydrogen-bond acceptors (Lipinski definition) is 8. The molecule has 2 saturated carbocycles. The van der Waals surface area contributed by atoms with Gasteiger partial charge in [-0.05, 0) is 80.2 Å². The maximum atomic E-state index is 13.7. The van der Waals surface area contributed by atoms with Gasteiger partial charge in [0.15, 0.2) is 17.4 Å². The second kappa shape index (κ2) is 20.2. The van der Waals surface area contributed by atoms with Crippen molar-refractivity contribution in [3.8, 4) is 18.6 Å². The zero-order chi connectivity index (χ0) is 39.3. The number of halogens is 2. The van der Waals surface area contributed by atoms with Crippen LogP contribution in [-0.4, -0.2) is 42.5 Å². The van der Waals surface area contributed by atoms with E-state index in [0.717, 1.165) is 80.6 Å². The first-order valence-corrected chi connectivity index (χ1v) is 19.7. The lowest BCUT2D eigenvalue weighted by Gasteiger charge is -2.36. The molecule has 3 heterocycles. The van der Waals surface area contributed by atoms with Crippen molar-refractivity contribution in [1.82, 2.24) is 9.88 Å². The van der Waals surface area contributed by atoms with Crippen LogP contribution in [0.4, 0.5) is 8.78 Å². The van der Waals surface area contributed by atoms with E-state index >= 15 is 0 Å². The molecule has 1 atom stereocenters. The number of carbonyl (C=O) groups is 1. The van der Waals surface area contributed by atoms with Crippen molar-refractivity contribution in [2.24, 2.45) is 11.1 Å². The molecule has 2 aromatic carbocycles. The summed E-state index contributed by atoms with van der Waals surface area (Å²) in [6.07, 6.45) is 19.2. The van der Waals surface area contributed by atoms with Gasteiger partial charge in [0.05, 0.1) is 30.1 Å². The zero-order valence-corrected chi connectivity index (χ0v) is 32.5. The van der Waals surface area contributed by atoms with Crippen LogP contribution < -0.4 is 15.9 Å². The van der Waals surface area contributed by atoms with Gasteiger partial charge in [0.2, 0.25) is 12.2 Å². The monoisotopic (exact) mass is 761 g/mol. The van der Waals surface area contributed by atoms with Crippen molar-refractivity contribution in [2.45, 2.75) is 101 Å². The smallest absolute Gasteiger partial charge is 0.315 e. The van der Waals surface area contributed by atoms with E-state index in [9.17, 15) is 18.4 Å². The van der Waals surface area contributed by atoms with Crippen molar-refractivity contribution in [1.29, 1.82) is 0 Å². The largest absolute Gasteiger partial charge is 0.501 e. The molecule has 0 spiro atoms. The van der Waals surface area contributed by atoms with Crippen molar-refractivity contribution in [2.75, 3.05) is 20.4 Å². The van der Waals surface area contributed by atoms with Gasteiger partial charge in [-0.1, -0.05) is 57.5 Å². The molecule has 1 saturated heterocycles. The predicted octanol–water partition coefficient (Wildman–Crippen LogP) is 9.08. The maximum Gasteiger partial charge on any atom is 0.315 e. The molecule has 3 aromatic rings. The van der Waals surface area contributed by atoms with E-state index in [1.54, 1.807) is 31.1 Å². The Morgan fingerprint density at radius 3 is 2.46 bits per heavy atom. The summed E-state index contributed by atoms with van der Waals surface area (Å²) in [6.45, 7) is 8.59. The minimum atomic E-state index is -0.754. The number of fused-ring (bicyclic) bond motifs is 2. The van der Waals surface area contributed by atoms with Crippen LogP contribution >= 0.6 is 11.8 Å². The van der Waals surface area contributed by atoms with Gasteiger partial charge < -0.3 is 29.8 Å². The minimum Gasteiger partial charge on any atom is -0.501 e. The van der Waals surface area contributed by atoms with Crippen LogP contribution in [0.3, 0.4) is 0 Å². The van der Waals surface area contributed by atoms with Crippen LogP contribution in [0.25, 0.3) is 5.70 Å². The molecule has 8 nitrogen and oxygen atoms in total. The molecule has 3 fully saturated rings. The molecule has 7 rings (SSSR count). The van der Waals surface area contributed by atoms with Crippen molar-refractivity contribution < 1.29 is 27.8 Å². The number of terminal acetylenes is 1. The SMILES string of the molecule is C#C.C=C(c1[nH]ccc(=O)c1OCOC(=O)C1(CC(OC)=C2CC2)CCCC1)N1CCCCC1N.CC.Fc1ccc2c(c1F)CSc1ccccc1C2. The first kappa shape index (κ1) is 42.2. The number of rotatable bonds is 9. The number of aromatic nitrogens is 1. The average Bonchev–Trinajstić information content (AvgIpc) is 3.97. The first-order chi connectivity index (χ1) is 26.2. The third-order valence-electron chi connectivity index (χ3n) is 10.1. The Bertz CT molecular complexity index is 1860. The first-order valence-electron chi connectivity index (χ1n) is 18.7. The molecule has 0 bridgehead atoms. The van der Waals surface area contributed by atoms with Gasteiger partial charge in [0, 0.05) is 41.4 Å². The highest BCUT2D eigenvalue weighted by Gasteiger charge is 2.44. The lowest BCUT2D eigenvalue weighted by molar-refractivity contribution is -0.163. The molecule has 0 amide bonds. The van der Waals surface area contributed by atoms with E-state index < -0.39 is 17.0 Å². The van der Waals surface area contributed by atoms with E-state index in [1.165, 1.54) is 23.3 Å². The Morgan fingerprint density at radius 2 is 1.78 bits per heavy atom. The molecule has 1 unspecified atom stereocenters. The van der Waals surface area contributed by atoms with Crippen LogP contribution in [0, 0.1) is 29.9 Å². The number of allylic oxidation sites excluding steroid dienone is 2. The number of hydrogen-bond donors (Lipinski definition) is 2. The van der Waals surface area contributed by atoms with E-state index in [0.29, 0.717) is 35.5 Å². The number of nitrogens with zero attached hydrogens (tertiary/aromatic N) is 1. The van der Waals surface area contributed by atoms with Crippen molar-refractivity contribution >= 4 is 23.4 Å². The number of aromatic amines is 1. The number of nitrogens with one attached hydrogen (secondary N) is 1. The highest BCUT2D eigenvalue weighted by atomic mass is 32.2. The fraction of sp³-hybridized carbons (Fsp3) is 0.442. The number of piperidine rings is 1. The Kier molecular flexibility index (Phi) is 15.8. The molecule has 1 aromatic heterocycles. The fourth-order valence-corrected chi connectivity index (χ4v) is 8.26. The predicted molar refractivity (Wildman–Crippen MR) is 211 cm³/mol. The minimum absolute atomic E-state index is 0.0891. The zero-order valence-electron chi connectivity index (χ0n) is 31.7. The molecule has 2 aliphatic heterocycles. The number of likely N-dealkylation sites (tertiary alicyclic amines) is 1.